The first-order valence-corrected chi connectivity index (χ1v) is 8.63. The zero-order chi connectivity index (χ0) is 17.5. The summed E-state index contributed by atoms with van der Waals surface area (Å²) < 4.78 is 2.07. The monoisotopic (exact) mass is 347 g/mol. The highest BCUT2D eigenvalue weighted by molar-refractivity contribution is 6.30. The van der Waals surface area contributed by atoms with Gasteiger partial charge in [0.15, 0.2) is 0 Å². The van der Waals surface area contributed by atoms with E-state index in [2.05, 4.69) is 16.4 Å². The maximum Gasteiger partial charge on any atom is 0.224 e. The largest absolute Gasteiger partial charge is 0.351 e. The predicted molar refractivity (Wildman–Crippen MR) is 99.2 cm³/mol. The van der Waals surface area contributed by atoms with Gasteiger partial charge >= 0.3 is 0 Å². The number of amides is 1. The Morgan fingerprint density at radius 2 is 1.88 bits per heavy atom. The summed E-state index contributed by atoms with van der Waals surface area (Å²) in [5, 5.41) is 0.702. The van der Waals surface area contributed by atoms with E-state index in [-0.39, 0.29) is 11.9 Å². The zero-order valence-corrected chi connectivity index (χ0v) is 15.4. The number of aromatic nitrogens is 1. The Kier molecular flexibility index (Phi) is 6.88. The van der Waals surface area contributed by atoms with E-state index < -0.39 is 0 Å². The van der Waals surface area contributed by atoms with Gasteiger partial charge in [0.05, 0.1) is 0 Å². The lowest BCUT2D eigenvalue weighted by Crippen LogP contribution is -2.37. The number of carbonyl (C=O) groups excluding carboxylic acids is 1. The Bertz CT molecular complexity index is 640. The lowest BCUT2D eigenvalue weighted by molar-refractivity contribution is -0.132. The van der Waals surface area contributed by atoms with Gasteiger partial charge in [0, 0.05) is 49.5 Å². The Hall–Kier alpha value is -1.78. The van der Waals surface area contributed by atoms with Crippen molar-refractivity contribution in [1.82, 2.24) is 14.4 Å². The molecule has 130 valence electrons. The molecule has 1 unspecified atom stereocenters. The smallest absolute Gasteiger partial charge is 0.224 e. The van der Waals surface area contributed by atoms with Crippen LogP contribution in [0.5, 0.6) is 0 Å². The fraction of sp³-hybridized carbons (Fsp3) is 0.421. The number of rotatable bonds is 8. The van der Waals surface area contributed by atoms with Crippen LogP contribution >= 0.6 is 11.6 Å². The van der Waals surface area contributed by atoms with E-state index in [9.17, 15) is 4.79 Å². The Balaban J connectivity index is 2.05. The van der Waals surface area contributed by atoms with E-state index >= 15 is 0 Å². The first-order valence-electron chi connectivity index (χ1n) is 8.25. The molecule has 1 atom stereocenters. The standard InChI is InChI=1S/C19H26ClN3O/c1-16(22-9-4-5-10-22)13-19(24)23(12-11-21(2)3)15-17-7-6-8-18(20)14-17/h4-10,14,16H,11-13,15H2,1-3H3. The first kappa shape index (κ1) is 18.6. The zero-order valence-electron chi connectivity index (χ0n) is 14.7. The quantitative estimate of drug-likeness (QED) is 0.728. The predicted octanol–water partition coefficient (Wildman–Crippen LogP) is 3.68. The number of carbonyl (C=O) groups is 1. The molecule has 0 N–H and O–H groups in total. The van der Waals surface area contributed by atoms with Gasteiger partial charge in [-0.1, -0.05) is 23.7 Å². The van der Waals surface area contributed by atoms with Gasteiger partial charge in [-0.05, 0) is 50.8 Å². The molecule has 0 bridgehead atoms. The number of halogens is 1. The van der Waals surface area contributed by atoms with Crippen molar-refractivity contribution in [2.24, 2.45) is 0 Å². The number of nitrogens with zero attached hydrogens (tertiary/aromatic N) is 3. The summed E-state index contributed by atoms with van der Waals surface area (Å²) in [5.41, 5.74) is 1.06. The third-order valence-electron chi connectivity index (χ3n) is 4.04. The summed E-state index contributed by atoms with van der Waals surface area (Å²) in [6.45, 7) is 4.20. The SMILES string of the molecule is CC(CC(=O)N(CCN(C)C)Cc1cccc(Cl)c1)n1cccc1. The van der Waals surface area contributed by atoms with E-state index in [4.69, 9.17) is 11.6 Å². The van der Waals surface area contributed by atoms with Crippen LogP contribution in [0, 0.1) is 0 Å². The molecule has 1 amide bonds. The molecule has 5 heteroatoms. The van der Waals surface area contributed by atoms with Gasteiger partial charge in [0.25, 0.3) is 0 Å². The minimum absolute atomic E-state index is 0.147. The van der Waals surface area contributed by atoms with Gasteiger partial charge < -0.3 is 14.4 Å². The molecule has 24 heavy (non-hydrogen) atoms. The molecular formula is C19H26ClN3O. The average molecular weight is 348 g/mol. The van der Waals surface area contributed by atoms with Crippen LogP contribution in [-0.4, -0.2) is 47.5 Å². The molecule has 1 aromatic heterocycles. The van der Waals surface area contributed by atoms with E-state index in [1.54, 1.807) is 0 Å². The van der Waals surface area contributed by atoms with Gasteiger partial charge in [-0.25, -0.2) is 0 Å². The second-order valence-electron chi connectivity index (χ2n) is 6.43. The Labute approximate surface area is 149 Å². The van der Waals surface area contributed by atoms with E-state index in [0.717, 1.165) is 12.1 Å². The molecule has 0 saturated heterocycles. The van der Waals surface area contributed by atoms with Crippen molar-refractivity contribution in [2.45, 2.75) is 25.9 Å². The van der Waals surface area contributed by atoms with Crippen LogP contribution < -0.4 is 0 Å². The highest BCUT2D eigenvalue weighted by Gasteiger charge is 2.18. The molecule has 0 aliphatic carbocycles. The molecule has 4 nitrogen and oxygen atoms in total. The lowest BCUT2D eigenvalue weighted by Gasteiger charge is -2.26. The molecule has 1 heterocycles. The van der Waals surface area contributed by atoms with E-state index in [1.807, 2.05) is 67.8 Å². The molecule has 0 aliphatic rings. The normalized spacial score (nSPS) is 12.4. The van der Waals surface area contributed by atoms with Crippen molar-refractivity contribution in [3.8, 4) is 0 Å². The Morgan fingerprint density at radius 3 is 2.50 bits per heavy atom. The maximum absolute atomic E-state index is 12.8. The average Bonchev–Trinajstić information content (AvgIpc) is 3.05. The minimum Gasteiger partial charge on any atom is -0.351 e. The number of hydrogen-bond donors (Lipinski definition) is 0. The first-order chi connectivity index (χ1) is 11.5. The molecule has 0 fully saturated rings. The van der Waals surface area contributed by atoms with Crippen LogP contribution in [0.2, 0.25) is 5.02 Å². The molecule has 0 aliphatic heterocycles. The van der Waals surface area contributed by atoms with E-state index in [0.29, 0.717) is 24.5 Å². The summed E-state index contributed by atoms with van der Waals surface area (Å²) in [5.74, 6) is 0.165. The van der Waals surface area contributed by atoms with Gasteiger partial charge in [0.1, 0.15) is 0 Å². The summed E-state index contributed by atoms with van der Waals surface area (Å²) in [4.78, 5) is 16.8. The highest BCUT2D eigenvalue weighted by Crippen LogP contribution is 2.16. The lowest BCUT2D eigenvalue weighted by atomic mass is 10.1. The maximum atomic E-state index is 12.8. The fourth-order valence-electron chi connectivity index (χ4n) is 2.60. The van der Waals surface area contributed by atoms with Crippen molar-refractivity contribution in [2.75, 3.05) is 27.2 Å². The second kappa shape index (κ2) is 8.90. The molecule has 2 aromatic rings. The van der Waals surface area contributed by atoms with Gasteiger partial charge in [-0.15, -0.1) is 0 Å². The van der Waals surface area contributed by atoms with Crippen molar-refractivity contribution in [3.05, 3.63) is 59.4 Å². The third kappa shape index (κ3) is 5.69. The Morgan fingerprint density at radius 1 is 1.17 bits per heavy atom. The summed E-state index contributed by atoms with van der Waals surface area (Å²) in [6, 6.07) is 11.8. The van der Waals surface area contributed by atoms with Crippen molar-refractivity contribution in [3.63, 3.8) is 0 Å². The molecule has 0 spiro atoms. The van der Waals surface area contributed by atoms with Gasteiger partial charge in [-0.3, -0.25) is 4.79 Å². The van der Waals surface area contributed by atoms with Crippen LogP contribution in [0.3, 0.4) is 0 Å². The summed E-state index contributed by atoms with van der Waals surface area (Å²) >= 11 is 6.07. The van der Waals surface area contributed by atoms with Gasteiger partial charge in [-0.2, -0.15) is 0 Å². The van der Waals surface area contributed by atoms with E-state index in [1.165, 1.54) is 0 Å². The van der Waals surface area contributed by atoms with Crippen molar-refractivity contribution >= 4 is 17.5 Å². The number of benzene rings is 1. The number of likely N-dealkylation sites (N-methyl/N-ethyl adjacent to an activating group) is 1. The van der Waals surface area contributed by atoms with Gasteiger partial charge in [0.2, 0.25) is 5.91 Å². The van der Waals surface area contributed by atoms with Crippen molar-refractivity contribution in [1.29, 1.82) is 0 Å². The van der Waals surface area contributed by atoms with Crippen LogP contribution in [0.1, 0.15) is 24.9 Å². The fourth-order valence-corrected chi connectivity index (χ4v) is 2.81. The van der Waals surface area contributed by atoms with Crippen LogP contribution in [0.4, 0.5) is 0 Å². The molecule has 0 radical (unpaired) electrons. The third-order valence-corrected chi connectivity index (χ3v) is 4.27. The minimum atomic E-state index is 0.147. The van der Waals surface area contributed by atoms with Crippen LogP contribution in [-0.2, 0) is 11.3 Å². The molecule has 2 rings (SSSR count). The van der Waals surface area contributed by atoms with Crippen molar-refractivity contribution < 1.29 is 4.79 Å². The molecule has 0 saturated carbocycles. The van der Waals surface area contributed by atoms with Crippen LogP contribution in [0.25, 0.3) is 0 Å². The second-order valence-corrected chi connectivity index (χ2v) is 6.87. The molecule has 1 aromatic carbocycles. The molecular weight excluding hydrogens is 322 g/mol. The topological polar surface area (TPSA) is 28.5 Å². The highest BCUT2D eigenvalue weighted by atomic mass is 35.5. The summed E-state index contributed by atoms with van der Waals surface area (Å²) in [7, 11) is 4.04. The summed E-state index contributed by atoms with van der Waals surface area (Å²) in [6.07, 6.45) is 4.49. The van der Waals surface area contributed by atoms with Crippen LogP contribution in [0.15, 0.2) is 48.8 Å². The number of hydrogen-bond acceptors (Lipinski definition) is 2.